The molecule has 0 bridgehead atoms. The molecule has 1 saturated heterocycles. The summed E-state index contributed by atoms with van der Waals surface area (Å²) in [4.78, 5) is 2.33. The number of hydrogen-bond donors (Lipinski definition) is 2. The average molecular weight is 220 g/mol. The molecule has 3 N–H and O–H groups in total. The summed E-state index contributed by atoms with van der Waals surface area (Å²) in [7, 11) is 2.14. The molecule has 0 spiro atoms. The van der Waals surface area contributed by atoms with Crippen LogP contribution in [0.2, 0.25) is 0 Å². The Morgan fingerprint density at radius 1 is 1.19 bits per heavy atom. The van der Waals surface area contributed by atoms with Crippen molar-refractivity contribution in [3.8, 4) is 5.75 Å². The van der Waals surface area contributed by atoms with E-state index < -0.39 is 0 Å². The lowest BCUT2D eigenvalue weighted by atomic mass is 9.88. The molecule has 3 heteroatoms. The second kappa shape index (κ2) is 4.85. The van der Waals surface area contributed by atoms with Gasteiger partial charge >= 0.3 is 0 Å². The quantitative estimate of drug-likeness (QED) is 0.754. The van der Waals surface area contributed by atoms with Crippen LogP contribution in [0.5, 0.6) is 5.75 Å². The molecule has 2 unspecified atom stereocenters. The SMILES string of the molecule is CN1CCC(N)C(c2ccc(O)cc2)CC1. The van der Waals surface area contributed by atoms with Gasteiger partial charge in [0.25, 0.3) is 0 Å². The summed E-state index contributed by atoms with van der Waals surface area (Å²) in [6.45, 7) is 2.18. The van der Waals surface area contributed by atoms with Gasteiger partial charge in [0.05, 0.1) is 0 Å². The molecule has 0 radical (unpaired) electrons. The smallest absolute Gasteiger partial charge is 0.115 e. The molecular formula is C13H20N2O. The third kappa shape index (κ3) is 2.54. The van der Waals surface area contributed by atoms with Gasteiger partial charge in [0.15, 0.2) is 0 Å². The van der Waals surface area contributed by atoms with Crippen LogP contribution in [0.15, 0.2) is 24.3 Å². The molecule has 1 aromatic carbocycles. The number of hydrogen-bond acceptors (Lipinski definition) is 3. The average Bonchev–Trinajstić information content (AvgIpc) is 2.44. The minimum atomic E-state index is 0.231. The molecule has 16 heavy (non-hydrogen) atoms. The molecule has 1 aliphatic rings. The van der Waals surface area contributed by atoms with E-state index in [2.05, 4.69) is 11.9 Å². The number of nitrogens with two attached hydrogens (primary N) is 1. The Balaban J connectivity index is 2.15. The fourth-order valence-corrected chi connectivity index (χ4v) is 2.39. The van der Waals surface area contributed by atoms with E-state index >= 15 is 0 Å². The minimum Gasteiger partial charge on any atom is -0.508 e. The summed E-state index contributed by atoms with van der Waals surface area (Å²) in [5, 5.41) is 9.28. The highest BCUT2D eigenvalue weighted by atomic mass is 16.3. The minimum absolute atomic E-state index is 0.231. The van der Waals surface area contributed by atoms with Gasteiger partial charge < -0.3 is 15.7 Å². The van der Waals surface area contributed by atoms with Crippen LogP contribution in [0.4, 0.5) is 0 Å². The maximum atomic E-state index is 9.28. The Bertz CT molecular complexity index is 336. The lowest BCUT2D eigenvalue weighted by Crippen LogP contribution is -2.28. The zero-order valence-electron chi connectivity index (χ0n) is 9.76. The Morgan fingerprint density at radius 3 is 2.50 bits per heavy atom. The van der Waals surface area contributed by atoms with Crippen LogP contribution >= 0.6 is 0 Å². The number of aromatic hydroxyl groups is 1. The van der Waals surface area contributed by atoms with E-state index in [9.17, 15) is 5.11 Å². The molecule has 0 saturated carbocycles. The van der Waals surface area contributed by atoms with Gasteiger partial charge in [-0.25, -0.2) is 0 Å². The number of phenols is 1. The number of benzene rings is 1. The van der Waals surface area contributed by atoms with Gasteiger partial charge in [0.2, 0.25) is 0 Å². The molecule has 1 aliphatic heterocycles. The largest absolute Gasteiger partial charge is 0.508 e. The van der Waals surface area contributed by atoms with E-state index in [1.54, 1.807) is 12.1 Å². The van der Waals surface area contributed by atoms with Crippen molar-refractivity contribution in [1.29, 1.82) is 0 Å². The number of nitrogens with zero attached hydrogens (tertiary/aromatic N) is 1. The molecule has 0 amide bonds. The van der Waals surface area contributed by atoms with Crippen molar-refractivity contribution in [3.63, 3.8) is 0 Å². The van der Waals surface area contributed by atoms with E-state index in [0.717, 1.165) is 25.9 Å². The Kier molecular flexibility index (Phi) is 3.46. The Morgan fingerprint density at radius 2 is 1.81 bits per heavy atom. The highest BCUT2D eigenvalue weighted by Crippen LogP contribution is 2.28. The van der Waals surface area contributed by atoms with Crippen LogP contribution in [0.25, 0.3) is 0 Å². The number of likely N-dealkylation sites (tertiary alicyclic amines) is 1. The van der Waals surface area contributed by atoms with Gasteiger partial charge in [-0.3, -0.25) is 0 Å². The summed E-state index contributed by atoms with van der Waals surface area (Å²) < 4.78 is 0. The maximum absolute atomic E-state index is 9.28. The van der Waals surface area contributed by atoms with Crippen LogP contribution in [-0.2, 0) is 0 Å². The molecule has 1 fully saturated rings. The fraction of sp³-hybridized carbons (Fsp3) is 0.538. The van der Waals surface area contributed by atoms with Crippen molar-refractivity contribution in [2.75, 3.05) is 20.1 Å². The van der Waals surface area contributed by atoms with Crippen molar-refractivity contribution in [2.24, 2.45) is 5.73 Å². The summed E-state index contributed by atoms with van der Waals surface area (Å²) in [6, 6.07) is 7.71. The zero-order chi connectivity index (χ0) is 11.5. The molecule has 0 aromatic heterocycles. The third-order valence-corrected chi connectivity index (χ3v) is 3.50. The van der Waals surface area contributed by atoms with Crippen molar-refractivity contribution < 1.29 is 5.11 Å². The molecule has 88 valence electrons. The highest BCUT2D eigenvalue weighted by Gasteiger charge is 2.23. The maximum Gasteiger partial charge on any atom is 0.115 e. The number of rotatable bonds is 1. The third-order valence-electron chi connectivity index (χ3n) is 3.50. The second-order valence-electron chi connectivity index (χ2n) is 4.74. The molecule has 3 nitrogen and oxygen atoms in total. The molecule has 0 aliphatic carbocycles. The first-order valence-electron chi connectivity index (χ1n) is 5.90. The lowest BCUT2D eigenvalue weighted by molar-refractivity contribution is 0.346. The van der Waals surface area contributed by atoms with Gasteiger partial charge in [-0.15, -0.1) is 0 Å². The molecule has 1 heterocycles. The van der Waals surface area contributed by atoms with Crippen molar-refractivity contribution >= 4 is 0 Å². The van der Waals surface area contributed by atoms with Gasteiger partial charge in [0.1, 0.15) is 5.75 Å². The molecular weight excluding hydrogens is 200 g/mol. The molecule has 2 rings (SSSR count). The van der Waals surface area contributed by atoms with Crippen LogP contribution in [0, 0.1) is 0 Å². The van der Waals surface area contributed by atoms with Gasteiger partial charge in [-0.1, -0.05) is 12.1 Å². The number of phenolic OH excluding ortho intramolecular Hbond substituents is 1. The monoisotopic (exact) mass is 220 g/mol. The lowest BCUT2D eigenvalue weighted by Gasteiger charge is -2.21. The van der Waals surface area contributed by atoms with E-state index in [4.69, 9.17) is 5.73 Å². The molecule has 2 atom stereocenters. The van der Waals surface area contributed by atoms with E-state index in [1.165, 1.54) is 5.56 Å². The van der Waals surface area contributed by atoms with E-state index in [1.807, 2.05) is 12.1 Å². The first-order chi connectivity index (χ1) is 7.66. The zero-order valence-corrected chi connectivity index (χ0v) is 9.76. The summed E-state index contributed by atoms with van der Waals surface area (Å²) >= 11 is 0. The van der Waals surface area contributed by atoms with Crippen LogP contribution in [-0.4, -0.2) is 36.2 Å². The predicted octanol–water partition coefficient (Wildman–Crippen LogP) is 1.53. The van der Waals surface area contributed by atoms with Gasteiger partial charge in [-0.2, -0.15) is 0 Å². The van der Waals surface area contributed by atoms with Gasteiger partial charge in [0, 0.05) is 12.0 Å². The molecule has 1 aromatic rings. The summed E-state index contributed by atoms with van der Waals surface area (Å²) in [5.41, 5.74) is 7.47. The van der Waals surface area contributed by atoms with Crippen molar-refractivity contribution in [3.05, 3.63) is 29.8 Å². The predicted molar refractivity (Wildman–Crippen MR) is 65.6 cm³/mol. The highest BCUT2D eigenvalue weighted by molar-refractivity contribution is 5.29. The van der Waals surface area contributed by atoms with E-state index in [0.29, 0.717) is 11.7 Å². The first-order valence-corrected chi connectivity index (χ1v) is 5.90. The van der Waals surface area contributed by atoms with E-state index in [-0.39, 0.29) is 6.04 Å². The van der Waals surface area contributed by atoms with Gasteiger partial charge in [-0.05, 0) is 50.7 Å². The van der Waals surface area contributed by atoms with Crippen LogP contribution in [0.3, 0.4) is 0 Å². The first kappa shape index (κ1) is 11.4. The normalized spacial score (nSPS) is 27.6. The topological polar surface area (TPSA) is 49.5 Å². The van der Waals surface area contributed by atoms with Crippen molar-refractivity contribution in [1.82, 2.24) is 4.90 Å². The standard InChI is InChI=1S/C13H20N2O/c1-15-8-6-12(13(14)7-9-15)10-2-4-11(16)5-3-10/h2-5,12-13,16H,6-9,14H2,1H3. The Labute approximate surface area is 96.9 Å². The second-order valence-corrected chi connectivity index (χ2v) is 4.74. The van der Waals surface area contributed by atoms with Crippen LogP contribution in [0.1, 0.15) is 24.3 Å². The fourth-order valence-electron chi connectivity index (χ4n) is 2.39. The summed E-state index contributed by atoms with van der Waals surface area (Å²) in [5.74, 6) is 0.744. The Hall–Kier alpha value is -1.06. The van der Waals surface area contributed by atoms with Crippen molar-refractivity contribution in [2.45, 2.75) is 24.8 Å². The van der Waals surface area contributed by atoms with Crippen LogP contribution < -0.4 is 5.73 Å². The summed E-state index contributed by atoms with van der Waals surface area (Å²) in [6.07, 6.45) is 2.14.